The minimum absolute atomic E-state index is 0.0810. The first-order valence-electron chi connectivity index (χ1n) is 11.1. The molecule has 0 bridgehead atoms. The van der Waals surface area contributed by atoms with Gasteiger partial charge in [0.05, 0.1) is 21.7 Å². The highest BCUT2D eigenvalue weighted by Crippen LogP contribution is 2.28. The number of nitrogens with zero attached hydrogens (tertiary/aromatic N) is 3. The Morgan fingerprint density at radius 1 is 1.06 bits per heavy atom. The molecule has 33 heavy (non-hydrogen) atoms. The van der Waals surface area contributed by atoms with Gasteiger partial charge in [-0.05, 0) is 23.8 Å². The van der Waals surface area contributed by atoms with Crippen LogP contribution in [0.3, 0.4) is 0 Å². The number of fused-ring (bicyclic) bond motifs is 2. The third kappa shape index (κ3) is 3.89. The minimum atomic E-state index is -3.72. The van der Waals surface area contributed by atoms with E-state index in [1.165, 1.54) is 3.97 Å². The van der Waals surface area contributed by atoms with E-state index in [0.717, 1.165) is 29.0 Å². The highest BCUT2D eigenvalue weighted by molar-refractivity contribution is 7.90. The number of para-hydroxylation sites is 1. The molecular weight excluding hydrogens is 436 g/mol. The molecule has 170 valence electrons. The molecule has 3 heterocycles. The van der Waals surface area contributed by atoms with E-state index < -0.39 is 10.0 Å². The summed E-state index contributed by atoms with van der Waals surface area (Å²) < 4.78 is 28.1. The summed E-state index contributed by atoms with van der Waals surface area (Å²) in [6, 6.07) is 16.0. The molecule has 0 radical (unpaired) electrons. The molecule has 2 aromatic carbocycles. The molecule has 7 nitrogen and oxygen atoms in total. The van der Waals surface area contributed by atoms with Gasteiger partial charge in [0.1, 0.15) is 5.82 Å². The third-order valence-electron chi connectivity index (χ3n) is 6.17. The second kappa shape index (κ2) is 8.28. The number of aromatic nitrogens is 3. The Balaban J connectivity index is 1.50. The Labute approximate surface area is 192 Å². The molecule has 0 fully saturated rings. The summed E-state index contributed by atoms with van der Waals surface area (Å²) in [7, 11) is -3.72. The van der Waals surface area contributed by atoms with E-state index in [-0.39, 0.29) is 16.4 Å². The van der Waals surface area contributed by atoms with Gasteiger partial charge in [0.25, 0.3) is 15.6 Å². The van der Waals surface area contributed by atoms with E-state index in [1.807, 2.05) is 38.1 Å². The first kappa shape index (κ1) is 21.6. The fourth-order valence-electron chi connectivity index (χ4n) is 4.40. The number of aromatic amines is 1. The molecule has 0 spiro atoms. The van der Waals surface area contributed by atoms with Crippen LogP contribution in [0.25, 0.3) is 10.9 Å². The van der Waals surface area contributed by atoms with Gasteiger partial charge in [-0.15, -0.1) is 0 Å². The molecule has 4 aromatic rings. The van der Waals surface area contributed by atoms with Gasteiger partial charge in [-0.25, -0.2) is 17.4 Å². The fourth-order valence-corrected chi connectivity index (χ4v) is 5.81. The highest BCUT2D eigenvalue weighted by Gasteiger charge is 2.25. The number of hydrogen-bond acceptors (Lipinski definition) is 5. The monoisotopic (exact) mass is 462 g/mol. The van der Waals surface area contributed by atoms with Crippen LogP contribution in [-0.4, -0.2) is 33.8 Å². The van der Waals surface area contributed by atoms with Crippen molar-refractivity contribution < 1.29 is 8.42 Å². The van der Waals surface area contributed by atoms with Crippen LogP contribution < -0.4 is 5.56 Å². The molecular formula is C25H26N4O3S. The predicted molar refractivity (Wildman–Crippen MR) is 128 cm³/mol. The topological polar surface area (TPSA) is 88.1 Å². The maximum atomic E-state index is 13.3. The van der Waals surface area contributed by atoms with Crippen molar-refractivity contribution in [3.8, 4) is 0 Å². The Morgan fingerprint density at radius 2 is 1.79 bits per heavy atom. The Hall–Kier alpha value is -3.23. The Morgan fingerprint density at radius 3 is 2.55 bits per heavy atom. The van der Waals surface area contributed by atoms with Crippen molar-refractivity contribution in [2.24, 2.45) is 0 Å². The molecule has 0 aliphatic carbocycles. The van der Waals surface area contributed by atoms with Crippen LogP contribution >= 0.6 is 0 Å². The number of H-pyrrole nitrogens is 1. The molecule has 1 N–H and O–H groups in total. The van der Waals surface area contributed by atoms with Crippen LogP contribution in [0.1, 0.15) is 42.4 Å². The largest absolute Gasteiger partial charge is 0.310 e. The highest BCUT2D eigenvalue weighted by atomic mass is 32.2. The SMILES string of the molecule is CC(C)c1nc2c(c(=O)[nH]1)CN(Cc1cn(S(=O)(=O)c3ccccc3)c3ccccc13)CC2. The van der Waals surface area contributed by atoms with E-state index in [9.17, 15) is 13.2 Å². The van der Waals surface area contributed by atoms with E-state index in [0.29, 0.717) is 30.6 Å². The number of nitrogens with one attached hydrogen (secondary N) is 1. The van der Waals surface area contributed by atoms with Crippen LogP contribution in [-0.2, 0) is 29.5 Å². The normalized spacial score (nSPS) is 14.6. The smallest absolute Gasteiger partial charge is 0.268 e. The van der Waals surface area contributed by atoms with Gasteiger partial charge in [-0.3, -0.25) is 9.69 Å². The molecule has 8 heteroatoms. The number of hydrogen-bond donors (Lipinski definition) is 1. The first-order valence-corrected chi connectivity index (χ1v) is 12.5. The van der Waals surface area contributed by atoms with Gasteiger partial charge in [0.15, 0.2) is 0 Å². The molecule has 1 aliphatic rings. The lowest BCUT2D eigenvalue weighted by Crippen LogP contribution is -2.35. The van der Waals surface area contributed by atoms with Gasteiger partial charge in [-0.2, -0.15) is 0 Å². The Kier molecular flexibility index (Phi) is 5.42. The van der Waals surface area contributed by atoms with E-state index in [2.05, 4.69) is 14.9 Å². The lowest BCUT2D eigenvalue weighted by molar-refractivity contribution is 0.242. The second-order valence-corrected chi connectivity index (χ2v) is 10.6. The molecule has 1 aliphatic heterocycles. The van der Waals surface area contributed by atoms with Crippen molar-refractivity contribution in [3.05, 3.63) is 93.8 Å². The maximum absolute atomic E-state index is 13.3. The molecule has 5 rings (SSSR count). The summed E-state index contributed by atoms with van der Waals surface area (Å²) >= 11 is 0. The van der Waals surface area contributed by atoms with Crippen molar-refractivity contribution in [3.63, 3.8) is 0 Å². The summed E-state index contributed by atoms with van der Waals surface area (Å²) in [5.41, 5.74) is 3.05. The average Bonchev–Trinajstić information content (AvgIpc) is 3.19. The average molecular weight is 463 g/mol. The zero-order valence-electron chi connectivity index (χ0n) is 18.7. The third-order valence-corrected chi connectivity index (χ3v) is 7.86. The predicted octanol–water partition coefficient (Wildman–Crippen LogP) is 3.64. The summed E-state index contributed by atoms with van der Waals surface area (Å²) in [5.74, 6) is 0.889. The molecule has 2 aromatic heterocycles. The van der Waals surface area contributed by atoms with E-state index in [4.69, 9.17) is 0 Å². The van der Waals surface area contributed by atoms with E-state index >= 15 is 0 Å². The minimum Gasteiger partial charge on any atom is -0.310 e. The zero-order valence-corrected chi connectivity index (χ0v) is 19.5. The second-order valence-electron chi connectivity index (χ2n) is 8.78. The standard InChI is InChI=1S/C25H26N4O3S/c1-17(2)24-26-22-12-13-28(16-21(22)25(30)27-24)14-18-15-29(23-11-7-6-10-20(18)23)33(31,32)19-8-4-3-5-9-19/h3-11,15,17H,12-14,16H2,1-2H3,(H,26,27,30). The van der Waals surface area contributed by atoms with Crippen molar-refractivity contribution in [2.45, 2.75) is 44.2 Å². The van der Waals surface area contributed by atoms with Crippen LogP contribution in [0.15, 0.2) is 70.5 Å². The molecule has 0 saturated heterocycles. The summed E-state index contributed by atoms with van der Waals surface area (Å²) in [6.45, 7) is 5.81. The van der Waals surface area contributed by atoms with Crippen molar-refractivity contribution in [1.82, 2.24) is 18.8 Å². The number of benzene rings is 2. The van der Waals surface area contributed by atoms with Gasteiger partial charge in [0.2, 0.25) is 0 Å². The van der Waals surface area contributed by atoms with Crippen LogP contribution in [0, 0.1) is 0 Å². The van der Waals surface area contributed by atoms with Crippen LogP contribution in [0.2, 0.25) is 0 Å². The Bertz CT molecular complexity index is 1490. The van der Waals surface area contributed by atoms with Gasteiger partial charge >= 0.3 is 0 Å². The lowest BCUT2D eigenvalue weighted by Gasteiger charge is -2.27. The van der Waals surface area contributed by atoms with Gasteiger partial charge in [-0.1, -0.05) is 50.2 Å². The molecule has 0 unspecified atom stereocenters. The quantitative estimate of drug-likeness (QED) is 0.489. The molecule has 0 atom stereocenters. The summed E-state index contributed by atoms with van der Waals surface area (Å²) in [4.78, 5) is 22.7. The summed E-state index contributed by atoms with van der Waals surface area (Å²) in [5, 5.41) is 0.894. The maximum Gasteiger partial charge on any atom is 0.268 e. The lowest BCUT2D eigenvalue weighted by atomic mass is 10.0. The van der Waals surface area contributed by atoms with Crippen molar-refractivity contribution >= 4 is 20.9 Å². The van der Waals surface area contributed by atoms with Gasteiger partial charge < -0.3 is 4.98 Å². The van der Waals surface area contributed by atoms with Gasteiger partial charge in [0, 0.05) is 43.6 Å². The first-order chi connectivity index (χ1) is 15.8. The molecule has 0 amide bonds. The zero-order chi connectivity index (χ0) is 23.2. The molecule has 0 saturated carbocycles. The van der Waals surface area contributed by atoms with Crippen LogP contribution in [0.4, 0.5) is 0 Å². The summed E-state index contributed by atoms with van der Waals surface area (Å²) in [6.07, 6.45) is 2.41. The van der Waals surface area contributed by atoms with Crippen molar-refractivity contribution in [1.29, 1.82) is 0 Å². The van der Waals surface area contributed by atoms with Crippen LogP contribution in [0.5, 0.6) is 0 Å². The number of rotatable bonds is 5. The van der Waals surface area contributed by atoms with E-state index in [1.54, 1.807) is 36.5 Å². The fraction of sp³-hybridized carbons (Fsp3) is 0.280. The van der Waals surface area contributed by atoms with Crippen molar-refractivity contribution in [2.75, 3.05) is 6.54 Å².